The summed E-state index contributed by atoms with van der Waals surface area (Å²) < 4.78 is 1.88. The predicted octanol–water partition coefficient (Wildman–Crippen LogP) is 2.40. The molecular formula is C12H20N6. The molecule has 1 unspecified atom stereocenters. The maximum absolute atomic E-state index is 4.30. The molecule has 6 heteroatoms. The van der Waals surface area contributed by atoms with Gasteiger partial charge in [-0.2, -0.15) is 0 Å². The van der Waals surface area contributed by atoms with Gasteiger partial charge in [0.2, 0.25) is 0 Å². The second kappa shape index (κ2) is 5.29. The molecule has 6 nitrogen and oxygen atoms in total. The molecule has 0 bridgehead atoms. The summed E-state index contributed by atoms with van der Waals surface area (Å²) in [6.45, 7) is 8.43. The fourth-order valence-corrected chi connectivity index (χ4v) is 1.98. The minimum Gasteiger partial charge on any atom is -0.366 e. The van der Waals surface area contributed by atoms with Crippen molar-refractivity contribution in [2.24, 2.45) is 0 Å². The molecule has 2 heterocycles. The minimum atomic E-state index is 0.307. The largest absolute Gasteiger partial charge is 0.366 e. The quantitative estimate of drug-likeness (QED) is 0.880. The molecule has 0 fully saturated rings. The van der Waals surface area contributed by atoms with Crippen molar-refractivity contribution in [1.29, 1.82) is 0 Å². The molecule has 0 aliphatic carbocycles. The van der Waals surface area contributed by atoms with E-state index in [1.165, 1.54) is 0 Å². The molecule has 0 amide bonds. The Morgan fingerprint density at radius 3 is 2.72 bits per heavy atom. The number of nitrogens with zero attached hydrogens (tertiary/aromatic N) is 5. The highest BCUT2D eigenvalue weighted by Crippen LogP contribution is 2.21. The van der Waals surface area contributed by atoms with Crippen molar-refractivity contribution in [1.82, 2.24) is 25.0 Å². The van der Waals surface area contributed by atoms with Crippen LogP contribution in [-0.2, 0) is 0 Å². The van der Waals surface area contributed by atoms with Gasteiger partial charge < -0.3 is 5.32 Å². The fourth-order valence-electron chi connectivity index (χ4n) is 1.98. The number of hydrogen-bond acceptors (Lipinski definition) is 5. The van der Waals surface area contributed by atoms with Gasteiger partial charge in [-0.1, -0.05) is 18.6 Å². The van der Waals surface area contributed by atoms with E-state index >= 15 is 0 Å². The van der Waals surface area contributed by atoms with Gasteiger partial charge in [0.1, 0.15) is 6.33 Å². The van der Waals surface area contributed by atoms with Crippen molar-refractivity contribution in [3.8, 4) is 0 Å². The Morgan fingerprint density at radius 1 is 1.28 bits per heavy atom. The summed E-state index contributed by atoms with van der Waals surface area (Å²) in [6.07, 6.45) is 3.74. The number of rotatable bonds is 5. The van der Waals surface area contributed by atoms with Gasteiger partial charge in [-0.3, -0.25) is 0 Å². The maximum atomic E-state index is 4.30. The molecule has 1 atom stereocenters. The summed E-state index contributed by atoms with van der Waals surface area (Å²) in [5.41, 5.74) is 1.54. The normalized spacial score (nSPS) is 13.2. The SMILES string of the molecule is CCCC(C)n1nnc2c(NC(C)C)ncnc21. The van der Waals surface area contributed by atoms with Crippen molar-refractivity contribution in [3.63, 3.8) is 0 Å². The van der Waals surface area contributed by atoms with Gasteiger partial charge in [-0.25, -0.2) is 14.6 Å². The molecule has 2 aromatic heterocycles. The van der Waals surface area contributed by atoms with E-state index < -0.39 is 0 Å². The Hall–Kier alpha value is -1.72. The maximum Gasteiger partial charge on any atom is 0.184 e. The number of anilines is 1. The van der Waals surface area contributed by atoms with E-state index in [2.05, 4.69) is 53.3 Å². The average Bonchev–Trinajstić information content (AvgIpc) is 2.73. The molecule has 18 heavy (non-hydrogen) atoms. The van der Waals surface area contributed by atoms with E-state index in [0.29, 0.717) is 12.1 Å². The van der Waals surface area contributed by atoms with Crippen LogP contribution in [0.2, 0.25) is 0 Å². The van der Waals surface area contributed by atoms with E-state index in [1.807, 2.05) is 4.68 Å². The molecule has 1 N–H and O–H groups in total. The molecule has 0 aliphatic heterocycles. The van der Waals surface area contributed by atoms with Crippen molar-refractivity contribution >= 4 is 17.0 Å². The first-order chi connectivity index (χ1) is 8.63. The zero-order chi connectivity index (χ0) is 13.1. The van der Waals surface area contributed by atoms with Crippen LogP contribution in [-0.4, -0.2) is 31.0 Å². The second-order valence-corrected chi connectivity index (χ2v) is 4.87. The van der Waals surface area contributed by atoms with Crippen molar-refractivity contribution in [3.05, 3.63) is 6.33 Å². The van der Waals surface area contributed by atoms with Crippen LogP contribution in [0.25, 0.3) is 11.2 Å². The van der Waals surface area contributed by atoms with E-state index in [1.54, 1.807) is 6.33 Å². The molecule has 2 aromatic rings. The van der Waals surface area contributed by atoms with E-state index in [9.17, 15) is 0 Å². The molecule has 0 aliphatic rings. The Labute approximate surface area is 107 Å². The zero-order valence-electron chi connectivity index (χ0n) is 11.4. The molecule has 0 spiro atoms. The van der Waals surface area contributed by atoms with Gasteiger partial charge in [0.15, 0.2) is 17.0 Å². The van der Waals surface area contributed by atoms with Crippen LogP contribution in [0.4, 0.5) is 5.82 Å². The highest BCUT2D eigenvalue weighted by molar-refractivity contribution is 5.81. The smallest absolute Gasteiger partial charge is 0.184 e. The van der Waals surface area contributed by atoms with Gasteiger partial charge >= 0.3 is 0 Å². The highest BCUT2D eigenvalue weighted by Gasteiger charge is 2.15. The lowest BCUT2D eigenvalue weighted by molar-refractivity contribution is 0.453. The summed E-state index contributed by atoms with van der Waals surface area (Å²) >= 11 is 0. The lowest BCUT2D eigenvalue weighted by Crippen LogP contribution is -2.12. The molecule has 2 rings (SSSR count). The topological polar surface area (TPSA) is 68.5 Å². The lowest BCUT2D eigenvalue weighted by atomic mass is 10.2. The molecule has 0 radical (unpaired) electrons. The molecular weight excluding hydrogens is 228 g/mol. The Balaban J connectivity index is 2.41. The highest BCUT2D eigenvalue weighted by atomic mass is 15.5. The Bertz CT molecular complexity index is 518. The van der Waals surface area contributed by atoms with Crippen molar-refractivity contribution in [2.45, 2.75) is 52.6 Å². The first-order valence-electron chi connectivity index (χ1n) is 6.46. The van der Waals surface area contributed by atoms with Gasteiger partial charge in [0.25, 0.3) is 0 Å². The number of hydrogen-bond donors (Lipinski definition) is 1. The Morgan fingerprint density at radius 2 is 2.06 bits per heavy atom. The first kappa shape index (κ1) is 12.7. The van der Waals surface area contributed by atoms with E-state index in [-0.39, 0.29) is 0 Å². The minimum absolute atomic E-state index is 0.307. The summed E-state index contributed by atoms with van der Waals surface area (Å²) in [5.74, 6) is 0.755. The molecule has 98 valence electrons. The zero-order valence-corrected chi connectivity index (χ0v) is 11.4. The Kier molecular flexibility index (Phi) is 3.74. The van der Waals surface area contributed by atoms with Gasteiger partial charge in [0.05, 0.1) is 6.04 Å². The molecule has 0 saturated heterocycles. The van der Waals surface area contributed by atoms with Crippen molar-refractivity contribution < 1.29 is 0 Å². The van der Waals surface area contributed by atoms with Crippen LogP contribution in [0.3, 0.4) is 0 Å². The van der Waals surface area contributed by atoms with Crippen molar-refractivity contribution in [2.75, 3.05) is 5.32 Å². The van der Waals surface area contributed by atoms with Crippen LogP contribution >= 0.6 is 0 Å². The van der Waals surface area contributed by atoms with Crippen LogP contribution in [0.15, 0.2) is 6.33 Å². The third-order valence-electron chi connectivity index (χ3n) is 2.81. The van der Waals surface area contributed by atoms with Gasteiger partial charge in [-0.15, -0.1) is 5.10 Å². The predicted molar refractivity (Wildman–Crippen MR) is 71.5 cm³/mol. The van der Waals surface area contributed by atoms with Gasteiger partial charge in [0, 0.05) is 6.04 Å². The summed E-state index contributed by atoms with van der Waals surface area (Å²) in [6, 6.07) is 0.614. The van der Waals surface area contributed by atoms with Gasteiger partial charge in [-0.05, 0) is 27.2 Å². The third-order valence-corrected chi connectivity index (χ3v) is 2.81. The van der Waals surface area contributed by atoms with E-state index in [4.69, 9.17) is 0 Å². The molecule has 0 saturated carbocycles. The van der Waals surface area contributed by atoms with Crippen LogP contribution < -0.4 is 5.32 Å². The third kappa shape index (κ3) is 2.42. The standard InChI is InChI=1S/C12H20N6/c1-5-6-9(4)18-12-10(16-17-18)11(13-7-14-12)15-8(2)3/h7-9H,5-6H2,1-4H3,(H,13,14,15). The first-order valence-corrected chi connectivity index (χ1v) is 6.46. The molecule has 0 aromatic carbocycles. The summed E-state index contributed by atoms with van der Waals surface area (Å²) in [4.78, 5) is 8.53. The number of aromatic nitrogens is 5. The summed E-state index contributed by atoms with van der Waals surface area (Å²) in [7, 11) is 0. The van der Waals surface area contributed by atoms with E-state index in [0.717, 1.165) is 29.8 Å². The monoisotopic (exact) mass is 248 g/mol. The number of fused-ring (bicyclic) bond motifs is 1. The van der Waals surface area contributed by atoms with Crippen LogP contribution in [0.5, 0.6) is 0 Å². The van der Waals surface area contributed by atoms with Crippen LogP contribution in [0.1, 0.15) is 46.6 Å². The summed E-state index contributed by atoms with van der Waals surface area (Å²) in [5, 5.41) is 11.7. The lowest BCUT2D eigenvalue weighted by Gasteiger charge is -2.11. The average molecular weight is 248 g/mol. The number of nitrogens with one attached hydrogen (secondary N) is 1. The van der Waals surface area contributed by atoms with Crippen LogP contribution in [0, 0.1) is 0 Å². The second-order valence-electron chi connectivity index (χ2n) is 4.87. The fraction of sp³-hybridized carbons (Fsp3) is 0.667.